The summed E-state index contributed by atoms with van der Waals surface area (Å²) in [5, 5.41) is 9.51. The summed E-state index contributed by atoms with van der Waals surface area (Å²) >= 11 is 0. The van der Waals surface area contributed by atoms with Gasteiger partial charge >= 0.3 is 5.97 Å². The fourth-order valence-corrected chi connectivity index (χ4v) is 2.63. The number of nitrogens with two attached hydrogens (primary N) is 1. The van der Waals surface area contributed by atoms with Crippen LogP contribution in [0.1, 0.15) is 36.2 Å². The molecule has 1 aliphatic carbocycles. The molecule has 0 saturated carbocycles. The minimum atomic E-state index is -0.714. The van der Waals surface area contributed by atoms with E-state index < -0.39 is 11.4 Å². The third-order valence-corrected chi connectivity index (χ3v) is 4.10. The first-order chi connectivity index (χ1) is 12.4. The van der Waals surface area contributed by atoms with Crippen LogP contribution in [0.4, 0.5) is 5.69 Å². The van der Waals surface area contributed by atoms with Crippen LogP contribution in [0.2, 0.25) is 0 Å². The maximum atomic E-state index is 12.5. The molecule has 0 bridgehead atoms. The smallest absolute Gasteiger partial charge is 0.342 e. The van der Waals surface area contributed by atoms with E-state index in [1.165, 1.54) is 6.07 Å². The Labute approximate surface area is 149 Å². The third kappa shape index (κ3) is 3.25. The van der Waals surface area contributed by atoms with E-state index in [2.05, 4.69) is 4.98 Å². The molecule has 0 saturated heterocycles. The topological polar surface area (TPSA) is 116 Å². The summed E-state index contributed by atoms with van der Waals surface area (Å²) in [5.41, 5.74) is 6.47. The maximum absolute atomic E-state index is 12.5. The molecule has 1 heterocycles. The summed E-state index contributed by atoms with van der Waals surface area (Å²) in [6.45, 7) is 4.00. The number of aliphatic hydroxyl groups excluding tert-OH is 1. The average Bonchev–Trinajstić information content (AvgIpc) is 2.60. The third-order valence-electron chi connectivity index (χ3n) is 4.10. The van der Waals surface area contributed by atoms with Gasteiger partial charge in [0, 0.05) is 11.6 Å². The van der Waals surface area contributed by atoms with E-state index in [-0.39, 0.29) is 35.9 Å². The lowest BCUT2D eigenvalue weighted by Gasteiger charge is -2.14. The van der Waals surface area contributed by atoms with Gasteiger partial charge in [-0.1, -0.05) is 26.0 Å². The van der Waals surface area contributed by atoms with Gasteiger partial charge in [0.25, 0.3) is 0 Å². The molecule has 136 valence electrons. The zero-order valence-electron chi connectivity index (χ0n) is 14.6. The van der Waals surface area contributed by atoms with E-state index >= 15 is 0 Å². The lowest BCUT2D eigenvalue weighted by molar-refractivity contribution is 0.0489. The number of ether oxygens (including phenoxy) is 1. The van der Waals surface area contributed by atoms with Crippen LogP contribution in [0.25, 0.3) is 22.6 Å². The highest BCUT2D eigenvalue weighted by atomic mass is 16.5. The van der Waals surface area contributed by atoms with Crippen molar-refractivity contribution in [1.29, 1.82) is 0 Å². The lowest BCUT2D eigenvalue weighted by Crippen LogP contribution is -2.19. The summed E-state index contributed by atoms with van der Waals surface area (Å²) in [6, 6.07) is 6.28. The zero-order chi connectivity index (χ0) is 18.8. The first-order valence-electron chi connectivity index (χ1n) is 8.35. The minimum absolute atomic E-state index is 0.102. The van der Waals surface area contributed by atoms with Crippen molar-refractivity contribution in [3.63, 3.8) is 0 Å². The lowest BCUT2D eigenvalue weighted by atomic mass is 10.1. The molecule has 3 N–H and O–H groups in total. The predicted molar refractivity (Wildman–Crippen MR) is 97.0 cm³/mol. The number of hydrogen-bond acceptors (Lipinski definition) is 7. The molecule has 0 aromatic heterocycles. The predicted octanol–water partition coefficient (Wildman–Crippen LogP) is 2.57. The van der Waals surface area contributed by atoms with Crippen molar-refractivity contribution in [1.82, 2.24) is 4.98 Å². The first-order valence-corrected chi connectivity index (χ1v) is 8.35. The van der Waals surface area contributed by atoms with Crippen LogP contribution in [-0.4, -0.2) is 22.7 Å². The number of hydrogen-bond donors (Lipinski definition) is 2. The second kappa shape index (κ2) is 7.13. The van der Waals surface area contributed by atoms with Crippen LogP contribution < -0.4 is 11.2 Å². The van der Waals surface area contributed by atoms with Crippen molar-refractivity contribution in [2.75, 3.05) is 12.3 Å². The number of aromatic nitrogens is 1. The number of fused-ring (bicyclic) bond motifs is 2. The van der Waals surface area contributed by atoms with Crippen LogP contribution in [0.5, 0.6) is 0 Å². The molecule has 0 radical (unpaired) electrons. The van der Waals surface area contributed by atoms with E-state index in [0.717, 1.165) is 0 Å². The van der Waals surface area contributed by atoms with E-state index in [9.17, 15) is 14.7 Å². The number of carbonyl (C=O) groups excluding carboxylic acids is 1. The van der Waals surface area contributed by atoms with Crippen molar-refractivity contribution in [3.8, 4) is 11.5 Å². The summed E-state index contributed by atoms with van der Waals surface area (Å²) in [7, 11) is 0. The van der Waals surface area contributed by atoms with E-state index in [0.29, 0.717) is 29.0 Å². The van der Waals surface area contributed by atoms with Gasteiger partial charge in [-0.3, -0.25) is 4.79 Å². The quantitative estimate of drug-likeness (QED) is 0.410. The van der Waals surface area contributed by atoms with Crippen LogP contribution in [0, 0.1) is 5.92 Å². The Morgan fingerprint density at radius 2 is 2.15 bits per heavy atom. The SMILES string of the molecule is CC(C)CCOC(=O)c1c2nc3c(CO)cccc3oc-2cc(=O)c1N. The zero-order valence-corrected chi connectivity index (χ0v) is 14.6. The van der Waals surface area contributed by atoms with Crippen LogP contribution in [0.15, 0.2) is 33.5 Å². The number of aliphatic hydroxyl groups is 1. The molecule has 0 atom stereocenters. The fourth-order valence-electron chi connectivity index (χ4n) is 2.63. The van der Waals surface area contributed by atoms with Gasteiger partial charge in [-0.25, -0.2) is 9.78 Å². The summed E-state index contributed by atoms with van der Waals surface area (Å²) in [5.74, 6) is -0.205. The molecule has 0 spiro atoms. The summed E-state index contributed by atoms with van der Waals surface area (Å²) in [4.78, 5) is 29.1. The van der Waals surface area contributed by atoms with Crippen LogP contribution in [-0.2, 0) is 11.3 Å². The van der Waals surface area contributed by atoms with Gasteiger partial charge in [0.05, 0.1) is 18.9 Å². The Balaban J connectivity index is 2.18. The number of carbonyl (C=O) groups is 1. The van der Waals surface area contributed by atoms with Gasteiger partial charge in [-0.05, 0) is 18.4 Å². The average molecular weight is 356 g/mol. The molecule has 7 heteroatoms. The number of para-hydroxylation sites is 1. The molecular formula is C19H20N2O5. The number of anilines is 1. The van der Waals surface area contributed by atoms with Crippen molar-refractivity contribution >= 4 is 22.8 Å². The largest absolute Gasteiger partial charge is 0.462 e. The van der Waals surface area contributed by atoms with Crippen molar-refractivity contribution in [2.24, 2.45) is 5.92 Å². The molecule has 3 rings (SSSR count). The minimum Gasteiger partial charge on any atom is -0.462 e. The summed E-state index contributed by atoms with van der Waals surface area (Å²) < 4.78 is 11.0. The maximum Gasteiger partial charge on any atom is 0.342 e. The van der Waals surface area contributed by atoms with Gasteiger partial charge in [0.2, 0.25) is 5.43 Å². The molecule has 1 aliphatic heterocycles. The summed E-state index contributed by atoms with van der Waals surface area (Å²) in [6.07, 6.45) is 0.691. The molecular weight excluding hydrogens is 336 g/mol. The van der Waals surface area contributed by atoms with Gasteiger partial charge in [-0.15, -0.1) is 0 Å². The Hall–Kier alpha value is -2.93. The molecule has 1 aromatic carbocycles. The van der Waals surface area contributed by atoms with Gasteiger partial charge in [0.1, 0.15) is 16.8 Å². The Bertz CT molecular complexity index is 993. The number of rotatable bonds is 5. The normalized spacial score (nSPS) is 11.4. The fraction of sp³-hybridized carbons (Fsp3) is 0.316. The van der Waals surface area contributed by atoms with Crippen LogP contribution in [0.3, 0.4) is 0 Å². The monoisotopic (exact) mass is 356 g/mol. The number of esters is 1. The van der Waals surface area contributed by atoms with Crippen molar-refractivity contribution in [2.45, 2.75) is 26.9 Å². The highest BCUT2D eigenvalue weighted by molar-refractivity contribution is 6.02. The van der Waals surface area contributed by atoms with Gasteiger partial charge in [-0.2, -0.15) is 0 Å². The molecule has 0 unspecified atom stereocenters. The second-order valence-electron chi connectivity index (χ2n) is 6.46. The highest BCUT2D eigenvalue weighted by Crippen LogP contribution is 2.31. The number of nitrogen functional groups attached to an aromatic ring is 1. The van der Waals surface area contributed by atoms with Crippen molar-refractivity contribution < 1.29 is 19.1 Å². The Morgan fingerprint density at radius 1 is 1.38 bits per heavy atom. The number of nitrogens with zero attached hydrogens (tertiary/aromatic N) is 1. The van der Waals surface area contributed by atoms with E-state index in [1.54, 1.807) is 18.2 Å². The Kier molecular flexibility index (Phi) is 4.90. The van der Waals surface area contributed by atoms with E-state index in [1.807, 2.05) is 13.8 Å². The van der Waals surface area contributed by atoms with Gasteiger partial charge in [0.15, 0.2) is 11.3 Å². The highest BCUT2D eigenvalue weighted by Gasteiger charge is 2.26. The molecule has 26 heavy (non-hydrogen) atoms. The molecule has 1 aromatic rings. The number of benzene rings is 2. The molecule has 7 nitrogen and oxygen atoms in total. The van der Waals surface area contributed by atoms with Crippen molar-refractivity contribution in [3.05, 3.63) is 45.6 Å². The first kappa shape index (κ1) is 17.9. The second-order valence-corrected chi connectivity index (χ2v) is 6.46. The molecule has 0 fully saturated rings. The van der Waals surface area contributed by atoms with Gasteiger partial charge < -0.3 is 20.0 Å². The molecule has 0 amide bonds. The molecule has 2 aliphatic rings. The Morgan fingerprint density at radius 3 is 2.85 bits per heavy atom. The van der Waals surface area contributed by atoms with Crippen LogP contribution >= 0.6 is 0 Å². The standard InChI is InChI=1S/C19H20N2O5/c1-10(2)6-7-25-19(24)15-16(20)12(23)8-14-18(15)21-17-11(9-22)4-3-5-13(17)26-14/h3-5,8,10,22H,6-7,9,20H2,1-2H3. The van der Waals surface area contributed by atoms with E-state index in [4.69, 9.17) is 14.9 Å².